The van der Waals surface area contributed by atoms with E-state index in [1.54, 1.807) is 0 Å². The monoisotopic (exact) mass is 118 g/mol. The first-order valence-electron chi connectivity index (χ1n) is 2.31. The molecule has 0 aromatic heterocycles. The Morgan fingerprint density at radius 1 is 1.75 bits per heavy atom. The first-order chi connectivity index (χ1) is 3.79. The summed E-state index contributed by atoms with van der Waals surface area (Å²) in [6.45, 7) is 1.20. The number of nitrogens with one attached hydrogen (secondary N) is 1. The van der Waals surface area contributed by atoms with Crippen LogP contribution in [-0.2, 0) is 4.84 Å². The molecule has 0 spiro atoms. The van der Waals surface area contributed by atoms with Crippen molar-refractivity contribution >= 4 is 0 Å². The summed E-state index contributed by atoms with van der Waals surface area (Å²) in [5, 5.41) is 11.6. The molecule has 8 heavy (non-hydrogen) atoms. The molecular formula is C3H6N2O3. The van der Waals surface area contributed by atoms with Crippen LogP contribution in [0.1, 0.15) is 0 Å². The highest BCUT2D eigenvalue weighted by Gasteiger charge is 2.19. The Morgan fingerprint density at radius 3 is 2.50 bits per heavy atom. The maximum absolute atomic E-state index is 9.56. The Bertz CT molecular complexity index is 101. The third-order valence-corrected chi connectivity index (χ3v) is 0.979. The third kappa shape index (κ3) is 1.06. The Balaban J connectivity index is 2.09. The molecule has 0 aromatic rings. The van der Waals surface area contributed by atoms with E-state index >= 15 is 0 Å². The van der Waals surface area contributed by atoms with Crippen molar-refractivity contribution in [3.05, 3.63) is 10.1 Å². The van der Waals surface area contributed by atoms with Crippen LogP contribution < -0.4 is 5.32 Å². The molecule has 1 N–H and O–H groups in total. The lowest BCUT2D eigenvalue weighted by molar-refractivity contribution is -0.769. The smallest absolute Gasteiger partial charge is 0.294 e. The zero-order valence-electron chi connectivity index (χ0n) is 4.16. The lowest BCUT2D eigenvalue weighted by atomic mass is 10.2. The lowest BCUT2D eigenvalue weighted by Crippen LogP contribution is -2.49. The van der Waals surface area contributed by atoms with E-state index in [1.807, 2.05) is 0 Å². The summed E-state index contributed by atoms with van der Waals surface area (Å²) < 4.78 is 0. The average Bonchev–Trinajstić information content (AvgIpc) is 1.55. The SMILES string of the molecule is O=[N+]([O-])OC1CNC1. The standard InChI is InChI=1S/C3H6N2O3/c6-5(7)8-3-1-4-2-3/h3-4H,1-2H2. The lowest BCUT2D eigenvalue weighted by Gasteiger charge is -2.23. The van der Waals surface area contributed by atoms with E-state index in [4.69, 9.17) is 0 Å². The Hall–Kier alpha value is -0.840. The zero-order chi connectivity index (χ0) is 5.98. The molecule has 46 valence electrons. The molecule has 0 saturated carbocycles. The van der Waals surface area contributed by atoms with Gasteiger partial charge in [-0.1, -0.05) is 0 Å². The van der Waals surface area contributed by atoms with E-state index < -0.39 is 5.09 Å². The average molecular weight is 118 g/mol. The highest BCUT2D eigenvalue weighted by Crippen LogP contribution is 1.96. The van der Waals surface area contributed by atoms with Gasteiger partial charge in [-0.2, -0.15) is 0 Å². The summed E-state index contributed by atoms with van der Waals surface area (Å²) in [7, 11) is 0. The minimum atomic E-state index is -0.758. The van der Waals surface area contributed by atoms with Crippen molar-refractivity contribution in [2.24, 2.45) is 0 Å². The molecule has 1 fully saturated rings. The molecule has 1 aliphatic heterocycles. The van der Waals surface area contributed by atoms with Gasteiger partial charge in [0.15, 0.2) is 0 Å². The number of rotatable bonds is 2. The van der Waals surface area contributed by atoms with Gasteiger partial charge in [0.1, 0.15) is 6.10 Å². The van der Waals surface area contributed by atoms with E-state index in [9.17, 15) is 10.1 Å². The second-order valence-electron chi connectivity index (χ2n) is 1.61. The number of hydrogen-bond acceptors (Lipinski definition) is 4. The van der Waals surface area contributed by atoms with Crippen LogP contribution in [0.3, 0.4) is 0 Å². The van der Waals surface area contributed by atoms with E-state index in [2.05, 4.69) is 10.2 Å². The van der Waals surface area contributed by atoms with Crippen LogP contribution in [0.2, 0.25) is 0 Å². The first kappa shape index (κ1) is 5.30. The van der Waals surface area contributed by atoms with Gasteiger partial charge in [-0.25, -0.2) is 0 Å². The topological polar surface area (TPSA) is 64.4 Å². The predicted molar refractivity (Wildman–Crippen MR) is 24.7 cm³/mol. The van der Waals surface area contributed by atoms with Gasteiger partial charge in [0.25, 0.3) is 5.09 Å². The molecule has 5 nitrogen and oxygen atoms in total. The number of hydrogen-bond donors (Lipinski definition) is 1. The maximum Gasteiger partial charge on any atom is 0.294 e. The first-order valence-corrected chi connectivity index (χ1v) is 2.31. The summed E-state index contributed by atoms with van der Waals surface area (Å²) >= 11 is 0. The second-order valence-corrected chi connectivity index (χ2v) is 1.61. The summed E-state index contributed by atoms with van der Waals surface area (Å²) in [4.78, 5) is 13.7. The predicted octanol–water partition coefficient (Wildman–Crippen LogP) is -0.834. The minimum absolute atomic E-state index is 0.204. The quantitative estimate of drug-likeness (QED) is 0.379. The molecule has 0 aliphatic carbocycles. The fourth-order valence-corrected chi connectivity index (χ4v) is 0.458. The van der Waals surface area contributed by atoms with E-state index in [0.717, 1.165) is 0 Å². The highest BCUT2D eigenvalue weighted by atomic mass is 17.0. The molecule has 0 amide bonds. The van der Waals surface area contributed by atoms with Crippen LogP contribution in [0.15, 0.2) is 0 Å². The zero-order valence-corrected chi connectivity index (χ0v) is 4.16. The van der Waals surface area contributed by atoms with Crippen LogP contribution in [0.4, 0.5) is 0 Å². The summed E-state index contributed by atoms with van der Waals surface area (Å²) in [6, 6.07) is 0. The van der Waals surface area contributed by atoms with Gasteiger partial charge in [-0.05, 0) is 0 Å². The molecule has 0 unspecified atom stereocenters. The normalized spacial score (nSPS) is 19.5. The molecule has 5 heteroatoms. The van der Waals surface area contributed by atoms with Crippen LogP contribution in [-0.4, -0.2) is 24.3 Å². The largest absolute Gasteiger partial charge is 0.312 e. The van der Waals surface area contributed by atoms with Gasteiger partial charge < -0.3 is 10.2 Å². The summed E-state index contributed by atoms with van der Waals surface area (Å²) in [5.74, 6) is 0. The molecule has 1 heterocycles. The van der Waals surface area contributed by atoms with Crippen molar-refractivity contribution in [1.29, 1.82) is 0 Å². The molecular weight excluding hydrogens is 112 g/mol. The molecule has 0 aromatic carbocycles. The van der Waals surface area contributed by atoms with Crippen molar-refractivity contribution in [2.75, 3.05) is 13.1 Å². The third-order valence-electron chi connectivity index (χ3n) is 0.979. The van der Waals surface area contributed by atoms with Gasteiger partial charge in [-0.3, -0.25) is 0 Å². The molecule has 0 radical (unpaired) electrons. The van der Waals surface area contributed by atoms with E-state index in [1.165, 1.54) is 0 Å². The fraction of sp³-hybridized carbons (Fsp3) is 1.00. The molecule has 0 bridgehead atoms. The van der Waals surface area contributed by atoms with E-state index in [-0.39, 0.29) is 6.10 Å². The van der Waals surface area contributed by atoms with Crippen LogP contribution in [0.5, 0.6) is 0 Å². The van der Waals surface area contributed by atoms with Crippen molar-refractivity contribution in [2.45, 2.75) is 6.10 Å². The van der Waals surface area contributed by atoms with Gasteiger partial charge in [-0.15, -0.1) is 10.1 Å². The Kier molecular flexibility index (Phi) is 1.29. The van der Waals surface area contributed by atoms with Crippen molar-refractivity contribution in [1.82, 2.24) is 5.32 Å². The highest BCUT2D eigenvalue weighted by molar-refractivity contribution is 4.72. The van der Waals surface area contributed by atoms with E-state index in [0.29, 0.717) is 13.1 Å². The van der Waals surface area contributed by atoms with Crippen molar-refractivity contribution < 1.29 is 9.92 Å². The minimum Gasteiger partial charge on any atom is -0.312 e. The van der Waals surface area contributed by atoms with Crippen molar-refractivity contribution in [3.63, 3.8) is 0 Å². The fourth-order valence-electron chi connectivity index (χ4n) is 0.458. The van der Waals surface area contributed by atoms with Gasteiger partial charge in [0, 0.05) is 13.1 Å². The summed E-state index contributed by atoms with van der Waals surface area (Å²) in [6.07, 6.45) is -0.204. The molecule has 0 atom stereocenters. The Morgan fingerprint density at radius 2 is 2.38 bits per heavy atom. The summed E-state index contributed by atoms with van der Waals surface area (Å²) in [5.41, 5.74) is 0. The second kappa shape index (κ2) is 1.95. The van der Waals surface area contributed by atoms with Crippen LogP contribution in [0, 0.1) is 10.1 Å². The Labute approximate surface area is 45.7 Å². The van der Waals surface area contributed by atoms with Crippen molar-refractivity contribution in [3.8, 4) is 0 Å². The van der Waals surface area contributed by atoms with Gasteiger partial charge in [0.05, 0.1) is 0 Å². The van der Waals surface area contributed by atoms with Gasteiger partial charge in [0.2, 0.25) is 0 Å². The van der Waals surface area contributed by atoms with Crippen LogP contribution >= 0.6 is 0 Å². The number of nitrogens with zero attached hydrogens (tertiary/aromatic N) is 1. The molecule has 1 aliphatic rings. The van der Waals surface area contributed by atoms with Gasteiger partial charge >= 0.3 is 0 Å². The van der Waals surface area contributed by atoms with Crippen LogP contribution in [0.25, 0.3) is 0 Å². The molecule has 1 rings (SSSR count). The maximum atomic E-state index is 9.56. The molecule has 1 saturated heterocycles.